The molecule has 1 rings (SSSR count). The van der Waals surface area contributed by atoms with Gasteiger partial charge < -0.3 is 4.74 Å². The molecule has 1 aliphatic carbocycles. The van der Waals surface area contributed by atoms with Crippen LogP contribution in [0.25, 0.3) is 0 Å². The number of esters is 1. The van der Waals surface area contributed by atoms with Crippen molar-refractivity contribution in [1.29, 1.82) is 0 Å². The average Bonchev–Trinajstić information content (AvgIpc) is 2.70. The van der Waals surface area contributed by atoms with Gasteiger partial charge in [-0.1, -0.05) is 97.6 Å². The van der Waals surface area contributed by atoms with Crippen molar-refractivity contribution in [2.75, 3.05) is 0 Å². The monoisotopic (exact) mass is 420 g/mol. The molecule has 3 atom stereocenters. The van der Waals surface area contributed by atoms with Gasteiger partial charge in [0.05, 0.1) is 0 Å². The number of hydrogen-bond acceptors (Lipinski definition) is 2. The Morgan fingerprint density at radius 2 is 1.43 bits per heavy atom. The molecule has 2 heteroatoms. The zero-order valence-corrected chi connectivity index (χ0v) is 20.8. The van der Waals surface area contributed by atoms with E-state index in [0.29, 0.717) is 24.2 Å². The highest BCUT2D eigenvalue weighted by molar-refractivity contribution is 5.69. The quantitative estimate of drug-likeness (QED) is 0.133. The maximum absolute atomic E-state index is 12.3. The van der Waals surface area contributed by atoms with Crippen LogP contribution in [0.1, 0.15) is 137 Å². The third-order valence-corrected chi connectivity index (χ3v) is 6.89. The molecule has 0 N–H and O–H groups in total. The molecular weight excluding hydrogens is 368 g/mol. The molecule has 0 aromatic carbocycles. The molecule has 0 aliphatic heterocycles. The second-order valence-electron chi connectivity index (χ2n) is 10.2. The highest BCUT2D eigenvalue weighted by Crippen LogP contribution is 2.35. The van der Waals surface area contributed by atoms with Crippen molar-refractivity contribution >= 4 is 5.97 Å². The zero-order chi connectivity index (χ0) is 22.0. The fraction of sp³-hybridized carbons (Fsp3) is 0.893. The topological polar surface area (TPSA) is 26.3 Å². The summed E-state index contributed by atoms with van der Waals surface area (Å²) in [6.45, 7) is 9.11. The third-order valence-electron chi connectivity index (χ3n) is 6.89. The lowest BCUT2D eigenvalue weighted by atomic mass is 9.75. The minimum absolute atomic E-state index is 0.0392. The van der Waals surface area contributed by atoms with Crippen molar-refractivity contribution in [3.05, 3.63) is 12.2 Å². The van der Waals surface area contributed by atoms with Crippen molar-refractivity contribution in [2.24, 2.45) is 17.8 Å². The van der Waals surface area contributed by atoms with E-state index in [4.69, 9.17) is 4.74 Å². The summed E-state index contributed by atoms with van der Waals surface area (Å²) in [5, 5.41) is 0. The van der Waals surface area contributed by atoms with Crippen LogP contribution in [0, 0.1) is 17.8 Å². The number of carbonyl (C=O) groups excluding carboxylic acids is 1. The van der Waals surface area contributed by atoms with Crippen molar-refractivity contribution in [3.63, 3.8) is 0 Å². The lowest BCUT2D eigenvalue weighted by Gasteiger charge is -2.36. The number of rotatable bonds is 17. The molecule has 0 radical (unpaired) electrons. The van der Waals surface area contributed by atoms with Crippen LogP contribution in [0.3, 0.4) is 0 Å². The van der Waals surface area contributed by atoms with Crippen LogP contribution in [0.4, 0.5) is 0 Å². The Morgan fingerprint density at radius 3 is 2.03 bits per heavy atom. The summed E-state index contributed by atoms with van der Waals surface area (Å²) in [6, 6.07) is 0. The van der Waals surface area contributed by atoms with Crippen LogP contribution in [-0.2, 0) is 9.53 Å². The summed E-state index contributed by atoms with van der Waals surface area (Å²) in [7, 11) is 0. The first-order valence-electron chi connectivity index (χ1n) is 13.4. The van der Waals surface area contributed by atoms with Crippen molar-refractivity contribution in [1.82, 2.24) is 0 Å². The second-order valence-corrected chi connectivity index (χ2v) is 10.2. The summed E-state index contributed by atoms with van der Waals surface area (Å²) >= 11 is 0. The smallest absolute Gasteiger partial charge is 0.306 e. The number of carbonyl (C=O) groups is 1. The molecule has 0 aromatic rings. The molecule has 0 aromatic heterocycles. The van der Waals surface area contributed by atoms with Gasteiger partial charge in [-0.25, -0.2) is 0 Å². The van der Waals surface area contributed by atoms with E-state index in [0.717, 1.165) is 19.3 Å². The van der Waals surface area contributed by atoms with Gasteiger partial charge in [0, 0.05) is 6.42 Å². The van der Waals surface area contributed by atoms with Gasteiger partial charge in [-0.2, -0.15) is 0 Å². The zero-order valence-electron chi connectivity index (χ0n) is 20.8. The van der Waals surface area contributed by atoms with Crippen LogP contribution in [0.5, 0.6) is 0 Å². The van der Waals surface area contributed by atoms with E-state index in [1.165, 1.54) is 83.5 Å². The highest BCUT2D eigenvalue weighted by atomic mass is 16.5. The van der Waals surface area contributed by atoms with Crippen molar-refractivity contribution in [2.45, 2.75) is 143 Å². The normalized spacial score (nSPS) is 22.1. The third kappa shape index (κ3) is 13.5. The SMILES string of the molecule is CCCCCCCC/C=C\CCCCCCCC(=O)O[C@@H]1C[C@H](C)CC[C@H]1C(C)C. The predicted molar refractivity (Wildman–Crippen MR) is 131 cm³/mol. The van der Waals surface area contributed by atoms with Crippen LogP contribution >= 0.6 is 0 Å². The predicted octanol–water partition coefficient (Wildman–Crippen LogP) is 9.03. The van der Waals surface area contributed by atoms with Crippen LogP contribution in [0.2, 0.25) is 0 Å². The van der Waals surface area contributed by atoms with Crippen LogP contribution < -0.4 is 0 Å². The first-order chi connectivity index (χ1) is 14.5. The minimum atomic E-state index is 0.0392. The summed E-state index contributed by atoms with van der Waals surface area (Å²) in [4.78, 5) is 12.3. The van der Waals surface area contributed by atoms with Gasteiger partial charge in [0.1, 0.15) is 6.10 Å². The maximum atomic E-state index is 12.3. The fourth-order valence-corrected chi connectivity index (χ4v) is 4.82. The van der Waals surface area contributed by atoms with E-state index in [1.54, 1.807) is 0 Å². The standard InChI is InChI=1S/C28H52O2/c1-5-6-7-8-9-10-11-12-13-14-15-16-17-18-19-20-28(29)30-27-23-25(4)21-22-26(27)24(2)3/h12-13,24-27H,5-11,14-23H2,1-4H3/b13-12-/t25-,26+,27-/m1/s1. The molecule has 0 bridgehead atoms. The van der Waals surface area contributed by atoms with E-state index < -0.39 is 0 Å². The molecule has 2 nitrogen and oxygen atoms in total. The molecule has 0 unspecified atom stereocenters. The number of unbranched alkanes of at least 4 members (excludes halogenated alkanes) is 11. The Morgan fingerprint density at radius 1 is 0.867 bits per heavy atom. The Bertz CT molecular complexity index is 440. The Labute approximate surface area is 188 Å². The van der Waals surface area contributed by atoms with Gasteiger partial charge in [0.25, 0.3) is 0 Å². The molecule has 0 saturated heterocycles. The van der Waals surface area contributed by atoms with E-state index in [-0.39, 0.29) is 12.1 Å². The Kier molecular flexibility index (Phi) is 16.2. The molecular formula is C28H52O2. The van der Waals surface area contributed by atoms with Gasteiger partial charge in [-0.05, 0) is 62.7 Å². The molecule has 0 amide bonds. The number of hydrogen-bond donors (Lipinski definition) is 0. The van der Waals surface area contributed by atoms with Gasteiger partial charge in [0.2, 0.25) is 0 Å². The van der Waals surface area contributed by atoms with Crippen LogP contribution in [0.15, 0.2) is 12.2 Å². The Balaban J connectivity index is 1.96. The lowest BCUT2D eigenvalue weighted by Crippen LogP contribution is -2.35. The molecule has 0 heterocycles. The molecule has 1 aliphatic rings. The molecule has 176 valence electrons. The molecule has 1 saturated carbocycles. The molecule has 1 fully saturated rings. The van der Waals surface area contributed by atoms with Gasteiger partial charge in [-0.3, -0.25) is 4.79 Å². The second kappa shape index (κ2) is 17.8. The van der Waals surface area contributed by atoms with Crippen LogP contribution in [-0.4, -0.2) is 12.1 Å². The minimum Gasteiger partial charge on any atom is -0.462 e. The fourth-order valence-electron chi connectivity index (χ4n) is 4.82. The van der Waals surface area contributed by atoms with E-state index in [1.807, 2.05) is 0 Å². The Hall–Kier alpha value is -0.790. The first kappa shape index (κ1) is 27.2. The molecule has 30 heavy (non-hydrogen) atoms. The average molecular weight is 421 g/mol. The number of allylic oxidation sites excluding steroid dienone is 2. The van der Waals surface area contributed by atoms with Gasteiger partial charge in [-0.15, -0.1) is 0 Å². The van der Waals surface area contributed by atoms with Gasteiger partial charge >= 0.3 is 5.97 Å². The van der Waals surface area contributed by atoms with E-state index in [9.17, 15) is 4.79 Å². The van der Waals surface area contributed by atoms with E-state index >= 15 is 0 Å². The summed E-state index contributed by atoms with van der Waals surface area (Å²) in [5.74, 6) is 1.89. The maximum Gasteiger partial charge on any atom is 0.306 e. The van der Waals surface area contributed by atoms with Crippen molar-refractivity contribution < 1.29 is 9.53 Å². The largest absolute Gasteiger partial charge is 0.462 e. The highest BCUT2D eigenvalue weighted by Gasteiger charge is 2.33. The summed E-state index contributed by atoms with van der Waals surface area (Å²) in [6.07, 6.45) is 25.8. The number of ether oxygens (including phenoxy) is 1. The lowest BCUT2D eigenvalue weighted by molar-refractivity contribution is -0.156. The first-order valence-corrected chi connectivity index (χ1v) is 13.4. The summed E-state index contributed by atoms with van der Waals surface area (Å²) < 4.78 is 5.91. The van der Waals surface area contributed by atoms with Crippen molar-refractivity contribution in [3.8, 4) is 0 Å². The summed E-state index contributed by atoms with van der Waals surface area (Å²) in [5.41, 5.74) is 0. The molecule has 0 spiro atoms. The van der Waals surface area contributed by atoms with Gasteiger partial charge in [0.15, 0.2) is 0 Å². The van der Waals surface area contributed by atoms with E-state index in [2.05, 4.69) is 39.8 Å².